The molecule has 0 aliphatic heterocycles. The second kappa shape index (κ2) is 6.50. The number of benzene rings is 1. The molecule has 0 bridgehead atoms. The Kier molecular flexibility index (Phi) is 5.29. The Bertz CT molecular complexity index is 352. The van der Waals surface area contributed by atoms with Crippen LogP contribution >= 0.6 is 0 Å². The van der Waals surface area contributed by atoms with E-state index in [1.165, 1.54) is 5.56 Å². The lowest BCUT2D eigenvalue weighted by Crippen LogP contribution is -2.26. The summed E-state index contributed by atoms with van der Waals surface area (Å²) in [6.07, 6.45) is 2.15. The lowest BCUT2D eigenvalue weighted by atomic mass is 9.91. The summed E-state index contributed by atoms with van der Waals surface area (Å²) in [7, 11) is 3.29. The van der Waals surface area contributed by atoms with Crippen molar-refractivity contribution in [3.05, 3.63) is 23.8 Å². The summed E-state index contributed by atoms with van der Waals surface area (Å²) in [5.74, 6) is 1.85. The number of rotatable bonds is 6. The van der Waals surface area contributed by atoms with Gasteiger partial charge in [0.05, 0.1) is 14.2 Å². The van der Waals surface area contributed by atoms with Gasteiger partial charge in [-0.2, -0.15) is 0 Å². The topological polar surface area (TPSA) is 44.5 Å². The Morgan fingerprint density at radius 3 is 2.35 bits per heavy atom. The summed E-state index contributed by atoms with van der Waals surface area (Å²) in [6, 6.07) is 6.20. The van der Waals surface area contributed by atoms with Crippen molar-refractivity contribution >= 4 is 0 Å². The van der Waals surface area contributed by atoms with Crippen LogP contribution in [0.4, 0.5) is 0 Å². The van der Waals surface area contributed by atoms with Crippen molar-refractivity contribution in [1.82, 2.24) is 0 Å². The first-order valence-corrected chi connectivity index (χ1v) is 6.11. The summed E-state index contributed by atoms with van der Waals surface area (Å²) in [6.45, 7) is 4.31. The van der Waals surface area contributed by atoms with Crippen molar-refractivity contribution in [3.8, 4) is 11.5 Å². The lowest BCUT2D eigenvalue weighted by molar-refractivity contribution is 0.354. The monoisotopic (exact) mass is 237 g/mol. The molecule has 2 N–H and O–H groups in total. The third-order valence-corrected chi connectivity index (χ3v) is 3.20. The zero-order valence-corrected chi connectivity index (χ0v) is 11.2. The molecule has 3 heteroatoms. The fourth-order valence-electron chi connectivity index (χ4n) is 1.97. The van der Waals surface area contributed by atoms with E-state index in [1.54, 1.807) is 14.2 Å². The average molecular weight is 237 g/mol. The summed E-state index contributed by atoms with van der Waals surface area (Å²) in [5, 5.41) is 0. The standard InChI is InChI=1S/C14H23NO2/c1-5-6-12(15)10(2)11-7-8-13(16-3)14(9-11)17-4/h7-10,12H,5-6,15H2,1-4H3. The van der Waals surface area contributed by atoms with Gasteiger partial charge < -0.3 is 15.2 Å². The molecular formula is C14H23NO2. The van der Waals surface area contributed by atoms with Crippen molar-refractivity contribution in [3.63, 3.8) is 0 Å². The van der Waals surface area contributed by atoms with Crippen molar-refractivity contribution in [2.75, 3.05) is 14.2 Å². The van der Waals surface area contributed by atoms with E-state index in [1.807, 2.05) is 12.1 Å². The average Bonchev–Trinajstić information content (AvgIpc) is 2.37. The van der Waals surface area contributed by atoms with Gasteiger partial charge in [-0.15, -0.1) is 0 Å². The predicted molar refractivity (Wildman–Crippen MR) is 70.8 cm³/mol. The van der Waals surface area contributed by atoms with Crippen LogP contribution in [0, 0.1) is 0 Å². The van der Waals surface area contributed by atoms with Crippen LogP contribution in [0.25, 0.3) is 0 Å². The number of nitrogens with two attached hydrogens (primary N) is 1. The summed E-state index contributed by atoms with van der Waals surface area (Å²) in [4.78, 5) is 0. The van der Waals surface area contributed by atoms with E-state index in [0.717, 1.165) is 24.3 Å². The van der Waals surface area contributed by atoms with Crippen molar-refractivity contribution in [2.24, 2.45) is 5.73 Å². The summed E-state index contributed by atoms with van der Waals surface area (Å²) in [5.41, 5.74) is 7.35. The first kappa shape index (κ1) is 13.8. The van der Waals surface area contributed by atoms with Gasteiger partial charge >= 0.3 is 0 Å². The van der Waals surface area contributed by atoms with Gasteiger partial charge in [0.25, 0.3) is 0 Å². The maximum Gasteiger partial charge on any atom is 0.160 e. The molecule has 0 heterocycles. The summed E-state index contributed by atoms with van der Waals surface area (Å²) < 4.78 is 10.5. The molecule has 0 aliphatic rings. The maximum absolute atomic E-state index is 6.15. The van der Waals surface area contributed by atoms with Gasteiger partial charge in [-0.3, -0.25) is 0 Å². The highest BCUT2D eigenvalue weighted by molar-refractivity contribution is 5.44. The van der Waals surface area contributed by atoms with Gasteiger partial charge in [-0.25, -0.2) is 0 Å². The smallest absolute Gasteiger partial charge is 0.160 e. The van der Waals surface area contributed by atoms with Crippen molar-refractivity contribution < 1.29 is 9.47 Å². The molecule has 1 aromatic carbocycles. The number of hydrogen-bond donors (Lipinski definition) is 1. The molecule has 2 unspecified atom stereocenters. The second-order valence-corrected chi connectivity index (χ2v) is 4.36. The second-order valence-electron chi connectivity index (χ2n) is 4.36. The van der Waals surface area contributed by atoms with Gasteiger partial charge in [-0.1, -0.05) is 26.3 Å². The molecule has 0 spiro atoms. The third-order valence-electron chi connectivity index (χ3n) is 3.20. The Labute approximate surface area is 104 Å². The molecule has 0 radical (unpaired) electrons. The predicted octanol–water partition coefficient (Wildman–Crippen LogP) is 2.93. The molecule has 3 nitrogen and oxygen atoms in total. The SMILES string of the molecule is CCCC(N)C(C)c1ccc(OC)c(OC)c1. The number of hydrogen-bond acceptors (Lipinski definition) is 3. The van der Waals surface area contributed by atoms with Crippen LogP contribution in [-0.4, -0.2) is 20.3 Å². The third kappa shape index (κ3) is 3.37. The fraction of sp³-hybridized carbons (Fsp3) is 0.571. The van der Waals surface area contributed by atoms with Gasteiger partial charge in [0.2, 0.25) is 0 Å². The van der Waals surface area contributed by atoms with Crippen LogP contribution in [-0.2, 0) is 0 Å². The minimum atomic E-state index is 0.193. The molecule has 0 aliphatic carbocycles. The van der Waals surface area contributed by atoms with Crippen LogP contribution in [0.1, 0.15) is 38.2 Å². The quantitative estimate of drug-likeness (QED) is 0.827. The van der Waals surface area contributed by atoms with E-state index >= 15 is 0 Å². The molecule has 96 valence electrons. The molecule has 0 fully saturated rings. The Morgan fingerprint density at radius 1 is 1.18 bits per heavy atom. The van der Waals surface area contributed by atoms with E-state index in [2.05, 4.69) is 19.9 Å². The summed E-state index contributed by atoms with van der Waals surface area (Å²) >= 11 is 0. The molecular weight excluding hydrogens is 214 g/mol. The number of methoxy groups -OCH3 is 2. The van der Waals surface area contributed by atoms with Gasteiger partial charge in [0, 0.05) is 6.04 Å². The molecule has 0 aromatic heterocycles. The fourth-order valence-corrected chi connectivity index (χ4v) is 1.97. The van der Waals surface area contributed by atoms with E-state index in [-0.39, 0.29) is 6.04 Å². The first-order chi connectivity index (χ1) is 8.13. The molecule has 0 saturated heterocycles. The maximum atomic E-state index is 6.15. The Hall–Kier alpha value is -1.22. The van der Waals surface area contributed by atoms with E-state index in [9.17, 15) is 0 Å². The molecule has 2 atom stereocenters. The molecule has 1 rings (SSSR count). The van der Waals surface area contributed by atoms with Crippen LogP contribution in [0.15, 0.2) is 18.2 Å². The van der Waals surface area contributed by atoms with Gasteiger partial charge in [-0.05, 0) is 30.0 Å². The van der Waals surface area contributed by atoms with E-state index < -0.39 is 0 Å². The first-order valence-electron chi connectivity index (χ1n) is 6.11. The van der Waals surface area contributed by atoms with Crippen LogP contribution in [0.5, 0.6) is 11.5 Å². The molecule has 0 amide bonds. The molecule has 17 heavy (non-hydrogen) atoms. The van der Waals surface area contributed by atoms with Crippen molar-refractivity contribution in [2.45, 2.75) is 38.6 Å². The van der Waals surface area contributed by atoms with E-state index in [4.69, 9.17) is 15.2 Å². The van der Waals surface area contributed by atoms with Crippen LogP contribution in [0.3, 0.4) is 0 Å². The minimum absolute atomic E-state index is 0.193. The van der Waals surface area contributed by atoms with Gasteiger partial charge in [0.1, 0.15) is 0 Å². The minimum Gasteiger partial charge on any atom is -0.493 e. The zero-order chi connectivity index (χ0) is 12.8. The molecule has 0 saturated carbocycles. The van der Waals surface area contributed by atoms with Crippen LogP contribution < -0.4 is 15.2 Å². The van der Waals surface area contributed by atoms with E-state index in [0.29, 0.717) is 5.92 Å². The highest BCUT2D eigenvalue weighted by atomic mass is 16.5. The molecule has 1 aromatic rings. The van der Waals surface area contributed by atoms with Crippen LogP contribution in [0.2, 0.25) is 0 Å². The Balaban J connectivity index is 2.91. The lowest BCUT2D eigenvalue weighted by Gasteiger charge is -2.20. The largest absolute Gasteiger partial charge is 0.493 e. The highest BCUT2D eigenvalue weighted by Gasteiger charge is 2.16. The zero-order valence-electron chi connectivity index (χ0n) is 11.2. The Morgan fingerprint density at radius 2 is 1.82 bits per heavy atom. The van der Waals surface area contributed by atoms with Crippen molar-refractivity contribution in [1.29, 1.82) is 0 Å². The number of ether oxygens (including phenoxy) is 2. The highest BCUT2D eigenvalue weighted by Crippen LogP contribution is 2.31. The van der Waals surface area contributed by atoms with Gasteiger partial charge in [0.15, 0.2) is 11.5 Å². The normalized spacial score (nSPS) is 14.2.